The highest BCUT2D eigenvalue weighted by Crippen LogP contribution is 2.39. The van der Waals surface area contributed by atoms with Crippen LogP contribution in [0.2, 0.25) is 0 Å². The van der Waals surface area contributed by atoms with E-state index in [9.17, 15) is 34.8 Å². The number of halogens is 6. The first-order valence-electron chi connectivity index (χ1n) is 9.38. The number of alkyl halides is 6. The van der Waals surface area contributed by atoms with Crippen LogP contribution in [0.15, 0.2) is 59.9 Å². The SMILES string of the molecule is CS(=O)(=O)c1cccc(-c2cnc3c(C(F)(F)F)cc(-c4cnc(N)c(C(F)(F)F)c4)cn23)c1. The fourth-order valence-corrected chi connectivity index (χ4v) is 4.08. The summed E-state index contributed by atoms with van der Waals surface area (Å²) in [5.74, 6) is -0.811. The molecule has 0 unspecified atom stereocenters. The maximum absolute atomic E-state index is 13.8. The number of sulfone groups is 1. The molecule has 178 valence electrons. The molecule has 3 aromatic heterocycles. The number of aromatic nitrogens is 3. The molecule has 0 spiro atoms. The molecule has 2 N–H and O–H groups in total. The Bertz CT molecular complexity index is 1520. The molecule has 4 aromatic rings. The molecule has 0 amide bonds. The number of nitrogens with two attached hydrogens (primary N) is 1. The number of anilines is 1. The number of hydrogen-bond acceptors (Lipinski definition) is 5. The minimum absolute atomic E-state index is 0.0651. The minimum Gasteiger partial charge on any atom is -0.383 e. The number of fused-ring (bicyclic) bond motifs is 1. The highest BCUT2D eigenvalue weighted by atomic mass is 32.2. The largest absolute Gasteiger partial charge is 0.420 e. The topological polar surface area (TPSA) is 90.3 Å². The van der Waals surface area contributed by atoms with Gasteiger partial charge < -0.3 is 5.73 Å². The Morgan fingerprint density at radius 1 is 0.853 bits per heavy atom. The van der Waals surface area contributed by atoms with E-state index in [1.54, 1.807) is 0 Å². The summed E-state index contributed by atoms with van der Waals surface area (Å²) in [6.45, 7) is 0. The van der Waals surface area contributed by atoms with Gasteiger partial charge in [0, 0.05) is 35.3 Å². The van der Waals surface area contributed by atoms with Crippen molar-refractivity contribution in [2.45, 2.75) is 17.2 Å². The lowest BCUT2D eigenvalue weighted by atomic mass is 10.0. The van der Waals surface area contributed by atoms with Crippen LogP contribution in [-0.2, 0) is 22.2 Å². The molecule has 13 heteroatoms. The van der Waals surface area contributed by atoms with Crippen LogP contribution in [-0.4, -0.2) is 29.0 Å². The minimum atomic E-state index is -4.89. The molecule has 1 aromatic carbocycles. The quantitative estimate of drug-likeness (QED) is 0.396. The van der Waals surface area contributed by atoms with Crippen molar-refractivity contribution in [1.29, 1.82) is 0 Å². The second kappa shape index (κ2) is 7.72. The van der Waals surface area contributed by atoms with E-state index in [0.29, 0.717) is 12.1 Å². The highest BCUT2D eigenvalue weighted by molar-refractivity contribution is 7.90. The number of imidazole rings is 1. The van der Waals surface area contributed by atoms with E-state index in [4.69, 9.17) is 5.73 Å². The van der Waals surface area contributed by atoms with Crippen molar-refractivity contribution >= 4 is 21.3 Å². The van der Waals surface area contributed by atoms with Crippen LogP contribution >= 0.6 is 0 Å². The molecule has 0 fully saturated rings. The van der Waals surface area contributed by atoms with Gasteiger partial charge in [-0.3, -0.25) is 4.40 Å². The van der Waals surface area contributed by atoms with E-state index in [1.807, 2.05) is 0 Å². The van der Waals surface area contributed by atoms with Gasteiger partial charge in [0.25, 0.3) is 0 Å². The molecule has 4 rings (SSSR count). The monoisotopic (exact) mass is 500 g/mol. The summed E-state index contributed by atoms with van der Waals surface area (Å²) in [7, 11) is -3.61. The van der Waals surface area contributed by atoms with E-state index >= 15 is 0 Å². The highest BCUT2D eigenvalue weighted by Gasteiger charge is 2.36. The molecule has 0 aliphatic heterocycles. The van der Waals surface area contributed by atoms with Crippen LogP contribution in [0.4, 0.5) is 32.2 Å². The van der Waals surface area contributed by atoms with Crippen LogP contribution < -0.4 is 5.73 Å². The van der Waals surface area contributed by atoms with Crippen molar-refractivity contribution in [3.8, 4) is 22.4 Å². The molecule has 0 aliphatic rings. The summed E-state index contributed by atoms with van der Waals surface area (Å²) in [5.41, 5.74) is 2.19. The Morgan fingerprint density at radius 2 is 1.50 bits per heavy atom. The first kappa shape index (κ1) is 23.5. The summed E-state index contributed by atoms with van der Waals surface area (Å²) >= 11 is 0. The molecule has 0 radical (unpaired) electrons. The lowest BCUT2D eigenvalue weighted by Crippen LogP contribution is -2.11. The predicted octanol–water partition coefficient (Wildman–Crippen LogP) is 5.09. The number of nitrogen functional groups attached to an aromatic ring is 1. The molecule has 3 heterocycles. The average Bonchev–Trinajstić information content (AvgIpc) is 3.15. The number of hydrogen-bond donors (Lipinski definition) is 1. The maximum atomic E-state index is 13.8. The van der Waals surface area contributed by atoms with E-state index in [1.165, 1.54) is 30.5 Å². The Kier molecular flexibility index (Phi) is 5.35. The number of benzene rings is 1. The molecule has 0 saturated heterocycles. The Hall–Kier alpha value is -3.61. The van der Waals surface area contributed by atoms with Gasteiger partial charge in [0.15, 0.2) is 9.84 Å². The van der Waals surface area contributed by atoms with Crippen LogP contribution in [0, 0.1) is 0 Å². The summed E-state index contributed by atoms with van der Waals surface area (Å²) in [6, 6.07) is 6.78. The van der Waals surface area contributed by atoms with Crippen LogP contribution in [0.25, 0.3) is 28.0 Å². The third-order valence-electron chi connectivity index (χ3n) is 5.03. The second-order valence-electron chi connectivity index (χ2n) is 7.43. The Labute approximate surface area is 188 Å². The van der Waals surface area contributed by atoms with Crippen molar-refractivity contribution in [2.75, 3.05) is 12.0 Å². The lowest BCUT2D eigenvalue weighted by Gasteiger charge is -2.14. The van der Waals surface area contributed by atoms with E-state index in [2.05, 4.69) is 9.97 Å². The number of rotatable bonds is 3. The van der Waals surface area contributed by atoms with Crippen molar-refractivity contribution in [3.63, 3.8) is 0 Å². The predicted molar refractivity (Wildman–Crippen MR) is 111 cm³/mol. The maximum Gasteiger partial charge on any atom is 0.420 e. The molecule has 0 atom stereocenters. The fourth-order valence-electron chi connectivity index (χ4n) is 3.41. The second-order valence-corrected chi connectivity index (χ2v) is 9.45. The zero-order valence-electron chi connectivity index (χ0n) is 17.1. The van der Waals surface area contributed by atoms with Crippen LogP contribution in [0.1, 0.15) is 11.1 Å². The Balaban J connectivity index is 2.00. The Morgan fingerprint density at radius 3 is 2.12 bits per heavy atom. The molecule has 0 saturated carbocycles. The van der Waals surface area contributed by atoms with Crippen molar-refractivity contribution < 1.29 is 34.8 Å². The van der Waals surface area contributed by atoms with Gasteiger partial charge >= 0.3 is 12.4 Å². The van der Waals surface area contributed by atoms with Crippen LogP contribution in [0.5, 0.6) is 0 Å². The van der Waals surface area contributed by atoms with E-state index in [0.717, 1.165) is 23.1 Å². The van der Waals surface area contributed by atoms with Gasteiger partial charge in [-0.1, -0.05) is 12.1 Å². The third-order valence-corrected chi connectivity index (χ3v) is 6.14. The van der Waals surface area contributed by atoms with E-state index < -0.39 is 44.8 Å². The van der Waals surface area contributed by atoms with Gasteiger partial charge in [0.2, 0.25) is 0 Å². The molecular weight excluding hydrogens is 486 g/mol. The number of nitrogens with zero attached hydrogens (tertiary/aromatic N) is 3. The van der Waals surface area contributed by atoms with Gasteiger partial charge in [-0.2, -0.15) is 26.3 Å². The van der Waals surface area contributed by atoms with Crippen LogP contribution in [0.3, 0.4) is 0 Å². The zero-order chi connectivity index (χ0) is 25.1. The third kappa shape index (κ3) is 4.30. The number of pyridine rings is 2. The standard InChI is InChI=1S/C21H14F6N4O2S/c1-34(32,33)14-4-2-3-11(5-14)17-9-30-19-16(21(25,26)27)7-13(10-31(17)19)12-6-15(20(22,23)24)18(28)29-8-12/h2-10H,1H3,(H2,28,29). The van der Waals surface area contributed by atoms with Crippen molar-refractivity contribution in [3.05, 3.63) is 66.1 Å². The van der Waals surface area contributed by atoms with Crippen molar-refractivity contribution in [2.24, 2.45) is 0 Å². The van der Waals surface area contributed by atoms with E-state index in [-0.39, 0.29) is 27.3 Å². The summed E-state index contributed by atoms with van der Waals surface area (Å²) in [4.78, 5) is 7.26. The van der Waals surface area contributed by atoms with Gasteiger partial charge in [-0.05, 0) is 24.3 Å². The summed E-state index contributed by atoms with van der Waals surface area (Å²) in [5, 5.41) is 0. The fraction of sp³-hybridized carbons (Fsp3) is 0.143. The average molecular weight is 500 g/mol. The molecule has 0 aliphatic carbocycles. The lowest BCUT2D eigenvalue weighted by molar-refractivity contribution is -0.137. The van der Waals surface area contributed by atoms with Gasteiger partial charge in [0.1, 0.15) is 11.5 Å². The molecule has 6 nitrogen and oxygen atoms in total. The molecular formula is C21H14F6N4O2S. The zero-order valence-corrected chi connectivity index (χ0v) is 17.9. The van der Waals surface area contributed by atoms with Crippen molar-refractivity contribution in [1.82, 2.24) is 14.4 Å². The first-order valence-corrected chi connectivity index (χ1v) is 11.3. The van der Waals surface area contributed by atoms with Gasteiger partial charge in [-0.15, -0.1) is 0 Å². The summed E-state index contributed by atoms with van der Waals surface area (Å²) < 4.78 is 106. The molecule has 34 heavy (non-hydrogen) atoms. The van der Waals surface area contributed by atoms with Gasteiger partial charge in [0.05, 0.1) is 27.9 Å². The smallest absolute Gasteiger partial charge is 0.383 e. The van der Waals surface area contributed by atoms with Gasteiger partial charge in [-0.25, -0.2) is 18.4 Å². The molecule has 0 bridgehead atoms. The normalized spacial score (nSPS) is 12.9. The summed E-state index contributed by atoms with van der Waals surface area (Å²) in [6.07, 6.45) is -5.54. The first-order chi connectivity index (χ1) is 15.7.